The van der Waals surface area contributed by atoms with Gasteiger partial charge in [0.2, 0.25) is 10.0 Å². The molecule has 2 heterocycles. The molecule has 0 saturated carbocycles. The van der Waals surface area contributed by atoms with E-state index < -0.39 is 10.0 Å². The van der Waals surface area contributed by atoms with Crippen molar-refractivity contribution in [1.82, 2.24) is 4.90 Å². The number of anilines is 1. The molecule has 1 aromatic carbocycles. The minimum Gasteiger partial charge on any atom is -0.369 e. The molecule has 0 radical (unpaired) electrons. The number of nitrogens with two attached hydrogens (primary N) is 1. The summed E-state index contributed by atoms with van der Waals surface area (Å²) in [4.78, 5) is 4.79. The van der Waals surface area contributed by atoms with Crippen molar-refractivity contribution in [3.63, 3.8) is 0 Å². The number of benzene rings is 1. The molecule has 2 N–H and O–H groups in total. The molecule has 130 valence electrons. The van der Waals surface area contributed by atoms with Crippen LogP contribution in [0.1, 0.15) is 37.7 Å². The highest BCUT2D eigenvalue weighted by Gasteiger charge is 2.27. The molecule has 1 aromatic rings. The standard InChI is InChI=1S/C17H24N4O2S/c18-12-14-11-16(24(19,22)23)6-7-17(14)21-10-2-1-5-15(13-21)20-8-3-4-9-20/h6-7,11,15H,1-5,8-10,13H2,(H2,19,22,23). The smallest absolute Gasteiger partial charge is 0.238 e. The highest BCUT2D eigenvalue weighted by Crippen LogP contribution is 2.28. The van der Waals surface area contributed by atoms with E-state index in [1.807, 2.05) is 0 Å². The Morgan fingerprint density at radius 3 is 2.50 bits per heavy atom. The van der Waals surface area contributed by atoms with Crippen LogP contribution < -0.4 is 10.0 Å². The molecule has 2 aliphatic rings. The Morgan fingerprint density at radius 1 is 1.12 bits per heavy atom. The van der Waals surface area contributed by atoms with Gasteiger partial charge in [0.05, 0.1) is 16.1 Å². The van der Waals surface area contributed by atoms with Crippen LogP contribution in [0.5, 0.6) is 0 Å². The zero-order chi connectivity index (χ0) is 17.2. The minimum absolute atomic E-state index is 0.00582. The third-order valence-corrected chi connectivity index (χ3v) is 5.97. The first-order valence-electron chi connectivity index (χ1n) is 8.55. The molecular formula is C17H24N4O2S. The molecule has 0 aromatic heterocycles. The van der Waals surface area contributed by atoms with Crippen LogP contribution in [-0.2, 0) is 10.0 Å². The topological polar surface area (TPSA) is 90.4 Å². The van der Waals surface area contributed by atoms with E-state index in [1.54, 1.807) is 6.07 Å². The Morgan fingerprint density at radius 2 is 1.83 bits per heavy atom. The lowest BCUT2D eigenvalue weighted by molar-refractivity contribution is 0.236. The second-order valence-corrected chi connectivity index (χ2v) is 8.24. The predicted octanol–water partition coefficient (Wildman–Crippen LogP) is 1.66. The maximum absolute atomic E-state index is 11.5. The fourth-order valence-corrected chi connectivity index (χ4v) is 4.34. The number of nitrogens with zero attached hydrogens (tertiary/aromatic N) is 3. The van der Waals surface area contributed by atoms with Gasteiger partial charge in [-0.05, 0) is 57.0 Å². The summed E-state index contributed by atoms with van der Waals surface area (Å²) in [6.07, 6.45) is 6.00. The van der Waals surface area contributed by atoms with Crippen molar-refractivity contribution in [3.8, 4) is 6.07 Å². The quantitative estimate of drug-likeness (QED) is 0.897. The molecule has 0 aliphatic carbocycles. The van der Waals surface area contributed by atoms with E-state index >= 15 is 0 Å². The summed E-state index contributed by atoms with van der Waals surface area (Å²) >= 11 is 0. The van der Waals surface area contributed by atoms with Crippen LogP contribution in [0.3, 0.4) is 0 Å². The molecule has 7 heteroatoms. The Bertz CT molecular complexity index is 735. The van der Waals surface area contributed by atoms with Crippen molar-refractivity contribution in [2.24, 2.45) is 5.14 Å². The first-order valence-corrected chi connectivity index (χ1v) is 10.1. The number of primary sulfonamides is 1. The van der Waals surface area contributed by atoms with Gasteiger partial charge < -0.3 is 4.90 Å². The first-order chi connectivity index (χ1) is 11.5. The Labute approximate surface area is 143 Å². The van der Waals surface area contributed by atoms with Gasteiger partial charge in [0, 0.05) is 19.1 Å². The van der Waals surface area contributed by atoms with Gasteiger partial charge in [-0.1, -0.05) is 6.42 Å². The van der Waals surface area contributed by atoms with Crippen molar-refractivity contribution >= 4 is 15.7 Å². The molecule has 6 nitrogen and oxygen atoms in total. The van der Waals surface area contributed by atoms with Crippen molar-refractivity contribution in [2.75, 3.05) is 31.1 Å². The molecule has 24 heavy (non-hydrogen) atoms. The number of nitriles is 1. The van der Waals surface area contributed by atoms with Crippen LogP contribution >= 0.6 is 0 Å². The van der Waals surface area contributed by atoms with Crippen LogP contribution in [0.2, 0.25) is 0 Å². The lowest BCUT2D eigenvalue weighted by Gasteiger charge is -2.32. The van der Waals surface area contributed by atoms with E-state index in [1.165, 1.54) is 37.8 Å². The molecule has 1 atom stereocenters. The number of hydrogen-bond donors (Lipinski definition) is 1. The molecule has 0 bridgehead atoms. The molecule has 2 aliphatic heterocycles. The van der Waals surface area contributed by atoms with Crippen LogP contribution in [0.4, 0.5) is 5.69 Å². The summed E-state index contributed by atoms with van der Waals surface area (Å²) in [7, 11) is -3.79. The van der Waals surface area contributed by atoms with Crippen molar-refractivity contribution < 1.29 is 8.42 Å². The van der Waals surface area contributed by atoms with Gasteiger partial charge in [-0.2, -0.15) is 5.26 Å². The minimum atomic E-state index is -3.79. The largest absolute Gasteiger partial charge is 0.369 e. The molecule has 0 amide bonds. The highest BCUT2D eigenvalue weighted by molar-refractivity contribution is 7.89. The predicted molar refractivity (Wildman–Crippen MR) is 93.2 cm³/mol. The summed E-state index contributed by atoms with van der Waals surface area (Å²) in [5, 5.41) is 14.6. The van der Waals surface area contributed by atoms with Gasteiger partial charge in [-0.25, -0.2) is 13.6 Å². The zero-order valence-electron chi connectivity index (χ0n) is 13.8. The molecule has 2 saturated heterocycles. The summed E-state index contributed by atoms with van der Waals surface area (Å²) in [6, 6.07) is 7.27. The fourth-order valence-electron chi connectivity index (χ4n) is 3.80. The maximum Gasteiger partial charge on any atom is 0.238 e. The van der Waals surface area contributed by atoms with Gasteiger partial charge in [0.1, 0.15) is 6.07 Å². The Balaban J connectivity index is 1.87. The average Bonchev–Trinajstić information content (AvgIpc) is 2.98. The number of hydrogen-bond acceptors (Lipinski definition) is 5. The van der Waals surface area contributed by atoms with E-state index in [-0.39, 0.29) is 4.90 Å². The molecule has 2 fully saturated rings. The van der Waals surface area contributed by atoms with Crippen LogP contribution in [0.25, 0.3) is 0 Å². The fraction of sp³-hybridized carbons (Fsp3) is 0.588. The van der Waals surface area contributed by atoms with E-state index in [0.717, 1.165) is 38.3 Å². The molecule has 1 unspecified atom stereocenters. The van der Waals surface area contributed by atoms with Crippen molar-refractivity contribution in [1.29, 1.82) is 5.26 Å². The number of sulfonamides is 1. The number of likely N-dealkylation sites (tertiary alicyclic amines) is 1. The zero-order valence-corrected chi connectivity index (χ0v) is 14.6. The van der Waals surface area contributed by atoms with Gasteiger partial charge in [0.25, 0.3) is 0 Å². The van der Waals surface area contributed by atoms with Crippen molar-refractivity contribution in [2.45, 2.75) is 43.0 Å². The normalized spacial score (nSPS) is 23.0. The lowest BCUT2D eigenvalue weighted by Crippen LogP contribution is -2.41. The van der Waals surface area contributed by atoms with Gasteiger partial charge in [0.15, 0.2) is 0 Å². The monoisotopic (exact) mass is 348 g/mol. The maximum atomic E-state index is 11.5. The third kappa shape index (κ3) is 3.72. The van der Waals surface area contributed by atoms with Crippen molar-refractivity contribution in [3.05, 3.63) is 23.8 Å². The Hall–Kier alpha value is -1.62. The Kier molecular flexibility index (Phi) is 5.09. The van der Waals surface area contributed by atoms with E-state index in [0.29, 0.717) is 11.6 Å². The molecular weight excluding hydrogens is 324 g/mol. The average molecular weight is 348 g/mol. The molecule has 3 rings (SSSR count). The number of rotatable bonds is 3. The SMILES string of the molecule is N#Cc1cc(S(N)(=O)=O)ccc1N1CCCCC(N2CCCC2)C1. The second kappa shape index (κ2) is 7.09. The third-order valence-electron chi connectivity index (χ3n) is 5.06. The van der Waals surface area contributed by atoms with E-state index in [2.05, 4.69) is 15.9 Å². The van der Waals surface area contributed by atoms with Gasteiger partial charge in [-0.3, -0.25) is 4.90 Å². The van der Waals surface area contributed by atoms with Gasteiger partial charge in [-0.15, -0.1) is 0 Å². The summed E-state index contributed by atoms with van der Waals surface area (Å²) in [5.41, 5.74) is 1.19. The summed E-state index contributed by atoms with van der Waals surface area (Å²) in [5.74, 6) is 0. The van der Waals surface area contributed by atoms with E-state index in [9.17, 15) is 13.7 Å². The second-order valence-electron chi connectivity index (χ2n) is 6.67. The summed E-state index contributed by atoms with van der Waals surface area (Å²) in [6.45, 7) is 4.11. The van der Waals surface area contributed by atoms with E-state index in [4.69, 9.17) is 5.14 Å². The molecule has 0 spiro atoms. The van der Waals surface area contributed by atoms with Crippen LogP contribution in [0, 0.1) is 11.3 Å². The van der Waals surface area contributed by atoms with Crippen LogP contribution in [0.15, 0.2) is 23.1 Å². The summed E-state index contributed by atoms with van der Waals surface area (Å²) < 4.78 is 23.0. The highest BCUT2D eigenvalue weighted by atomic mass is 32.2. The van der Waals surface area contributed by atoms with Gasteiger partial charge >= 0.3 is 0 Å². The first kappa shape index (κ1) is 17.2. The lowest BCUT2D eigenvalue weighted by atomic mass is 10.1. The van der Waals surface area contributed by atoms with Crippen LogP contribution in [-0.4, -0.2) is 45.5 Å².